The fourth-order valence-corrected chi connectivity index (χ4v) is 5.50. The molecule has 1 N–H and O–H groups in total. The van der Waals surface area contributed by atoms with Crippen molar-refractivity contribution in [1.29, 1.82) is 0 Å². The van der Waals surface area contributed by atoms with Gasteiger partial charge in [-0.25, -0.2) is 13.4 Å². The number of halogens is 1. The lowest BCUT2D eigenvalue weighted by molar-refractivity contribution is 0.296. The van der Waals surface area contributed by atoms with Crippen molar-refractivity contribution in [2.24, 2.45) is 0 Å². The maximum atomic E-state index is 13.0. The highest BCUT2D eigenvalue weighted by molar-refractivity contribution is 7.89. The van der Waals surface area contributed by atoms with Gasteiger partial charge in [-0.2, -0.15) is 4.31 Å². The Morgan fingerprint density at radius 3 is 2.48 bits per heavy atom. The molecule has 0 spiro atoms. The van der Waals surface area contributed by atoms with E-state index < -0.39 is 10.0 Å². The molecule has 2 aromatic rings. The van der Waals surface area contributed by atoms with Gasteiger partial charge in [-0.3, -0.25) is 0 Å². The maximum Gasteiger partial charge on any atom is 0.243 e. The van der Waals surface area contributed by atoms with Crippen LogP contribution in [0, 0.1) is 0 Å². The van der Waals surface area contributed by atoms with Crippen LogP contribution in [0.2, 0.25) is 0 Å². The second-order valence-electron chi connectivity index (χ2n) is 7.40. The molecule has 0 radical (unpaired) electrons. The Labute approximate surface area is 160 Å². The molecule has 0 aliphatic carbocycles. The van der Waals surface area contributed by atoms with Crippen LogP contribution < -0.4 is 5.32 Å². The summed E-state index contributed by atoms with van der Waals surface area (Å²) in [5, 5.41) is 4.30. The number of aromatic nitrogens is 1. The van der Waals surface area contributed by atoms with Crippen molar-refractivity contribution in [2.75, 3.05) is 20.1 Å². The molecule has 1 aliphatic heterocycles. The summed E-state index contributed by atoms with van der Waals surface area (Å²) in [4.78, 5) is 5.00. The average Bonchev–Trinajstić information content (AvgIpc) is 2.98. The van der Waals surface area contributed by atoms with Gasteiger partial charge in [0.1, 0.15) is 0 Å². The molecule has 140 valence electrons. The quantitative estimate of drug-likeness (QED) is 0.853. The van der Waals surface area contributed by atoms with Crippen molar-refractivity contribution in [3.8, 4) is 0 Å². The van der Waals surface area contributed by atoms with E-state index in [4.69, 9.17) is 0 Å². The Hall–Kier alpha value is -0.730. The summed E-state index contributed by atoms with van der Waals surface area (Å²) < 4.78 is 28.4. The Bertz CT molecular complexity index is 837. The smallest absolute Gasteiger partial charge is 0.243 e. The highest BCUT2D eigenvalue weighted by Gasteiger charge is 2.29. The zero-order chi connectivity index (χ0) is 17.5. The van der Waals surface area contributed by atoms with Gasteiger partial charge in [0.05, 0.1) is 20.1 Å². The summed E-state index contributed by atoms with van der Waals surface area (Å²) in [6.45, 7) is 8.09. The third kappa shape index (κ3) is 4.17. The molecule has 8 heteroatoms. The number of piperidine rings is 1. The molecule has 1 aliphatic rings. The van der Waals surface area contributed by atoms with Gasteiger partial charge in [0.25, 0.3) is 0 Å². The molecule has 5 nitrogen and oxygen atoms in total. The first-order chi connectivity index (χ1) is 11.2. The minimum Gasteiger partial charge on any atom is -0.317 e. The number of sulfonamides is 1. The monoisotopic (exact) mass is 403 g/mol. The van der Waals surface area contributed by atoms with Crippen molar-refractivity contribution in [3.63, 3.8) is 0 Å². The molecule has 25 heavy (non-hydrogen) atoms. The molecule has 0 unspecified atom stereocenters. The number of rotatable bonds is 3. The molecule has 0 atom stereocenters. The van der Waals surface area contributed by atoms with Crippen molar-refractivity contribution < 1.29 is 8.42 Å². The number of nitrogens with one attached hydrogen (secondary N) is 1. The first-order valence-electron chi connectivity index (χ1n) is 8.29. The molecule has 2 heterocycles. The van der Waals surface area contributed by atoms with Crippen LogP contribution in [0.4, 0.5) is 0 Å². The van der Waals surface area contributed by atoms with Gasteiger partial charge in [-0.05, 0) is 44.1 Å². The van der Waals surface area contributed by atoms with Gasteiger partial charge in [0.2, 0.25) is 10.0 Å². The molecular formula is C17H26ClN3O2S2. The largest absolute Gasteiger partial charge is 0.317 e. The van der Waals surface area contributed by atoms with E-state index in [2.05, 4.69) is 31.1 Å². The van der Waals surface area contributed by atoms with Gasteiger partial charge < -0.3 is 5.32 Å². The third-order valence-electron chi connectivity index (χ3n) is 4.50. The summed E-state index contributed by atoms with van der Waals surface area (Å²) in [6, 6.07) is 5.35. The zero-order valence-electron chi connectivity index (χ0n) is 15.1. The van der Waals surface area contributed by atoms with Gasteiger partial charge in [0, 0.05) is 18.5 Å². The molecule has 1 saturated heterocycles. The van der Waals surface area contributed by atoms with Gasteiger partial charge in [0.15, 0.2) is 0 Å². The highest BCUT2D eigenvalue weighted by Crippen LogP contribution is 2.33. The van der Waals surface area contributed by atoms with Crippen LogP contribution in [-0.2, 0) is 15.4 Å². The van der Waals surface area contributed by atoms with Crippen molar-refractivity contribution in [1.82, 2.24) is 14.6 Å². The Kier molecular flexibility index (Phi) is 6.16. The standard InChI is InChI=1S/C17H25N3O2S2.ClH/c1-17(2,3)16-19-14-6-5-13(11-15(14)23-16)24(21,22)20(4)12-7-9-18-10-8-12;/h5-6,11-12,18H,7-10H2,1-4H3;1H. The molecule has 0 bridgehead atoms. The Morgan fingerprint density at radius 1 is 1.24 bits per heavy atom. The molecule has 0 amide bonds. The first kappa shape index (κ1) is 20.6. The van der Waals surface area contributed by atoms with E-state index in [1.807, 2.05) is 6.07 Å². The lowest BCUT2D eigenvalue weighted by Crippen LogP contribution is -2.43. The average molecular weight is 404 g/mol. The van der Waals surface area contributed by atoms with Crippen LogP contribution in [0.25, 0.3) is 10.2 Å². The minimum atomic E-state index is -3.47. The van der Waals surface area contributed by atoms with E-state index in [1.165, 1.54) is 0 Å². The molecule has 1 aromatic heterocycles. The van der Waals surface area contributed by atoms with E-state index >= 15 is 0 Å². The summed E-state index contributed by atoms with van der Waals surface area (Å²) in [6.07, 6.45) is 1.71. The zero-order valence-corrected chi connectivity index (χ0v) is 17.5. The second kappa shape index (κ2) is 7.48. The predicted molar refractivity (Wildman–Crippen MR) is 106 cm³/mol. The van der Waals surface area contributed by atoms with Gasteiger partial charge >= 0.3 is 0 Å². The molecule has 1 fully saturated rings. The predicted octanol–water partition coefficient (Wildman–Crippen LogP) is 3.39. The number of benzene rings is 1. The molecule has 1 aromatic carbocycles. The van der Waals surface area contributed by atoms with E-state index in [0.29, 0.717) is 4.90 Å². The van der Waals surface area contributed by atoms with Gasteiger partial charge in [-0.1, -0.05) is 20.8 Å². The van der Waals surface area contributed by atoms with E-state index in [-0.39, 0.29) is 23.9 Å². The molecule has 3 rings (SSSR count). The van der Waals surface area contributed by atoms with E-state index in [9.17, 15) is 8.42 Å². The third-order valence-corrected chi connectivity index (χ3v) is 7.85. The van der Waals surface area contributed by atoms with Crippen molar-refractivity contribution in [3.05, 3.63) is 23.2 Å². The summed E-state index contributed by atoms with van der Waals surface area (Å²) >= 11 is 1.58. The normalized spacial score (nSPS) is 17.0. The number of thiazole rings is 1. The number of hydrogen-bond donors (Lipinski definition) is 1. The van der Waals surface area contributed by atoms with Crippen LogP contribution in [0.5, 0.6) is 0 Å². The first-order valence-corrected chi connectivity index (χ1v) is 10.5. The Morgan fingerprint density at radius 2 is 1.88 bits per heavy atom. The Balaban J connectivity index is 0.00000225. The van der Waals surface area contributed by atoms with E-state index in [0.717, 1.165) is 41.2 Å². The second-order valence-corrected chi connectivity index (χ2v) is 10.4. The van der Waals surface area contributed by atoms with Crippen LogP contribution in [0.15, 0.2) is 23.1 Å². The fraction of sp³-hybridized carbons (Fsp3) is 0.588. The van der Waals surface area contributed by atoms with Crippen LogP contribution in [0.3, 0.4) is 0 Å². The minimum absolute atomic E-state index is 0. The maximum absolute atomic E-state index is 13.0. The molecular weight excluding hydrogens is 378 g/mol. The van der Waals surface area contributed by atoms with Crippen LogP contribution >= 0.6 is 23.7 Å². The summed E-state index contributed by atoms with van der Waals surface area (Å²) in [7, 11) is -1.77. The number of fused-ring (bicyclic) bond motifs is 1. The lowest BCUT2D eigenvalue weighted by Gasteiger charge is -2.30. The summed E-state index contributed by atoms with van der Waals surface area (Å²) in [5.74, 6) is 0. The summed E-state index contributed by atoms with van der Waals surface area (Å²) in [5.41, 5.74) is 0.836. The highest BCUT2D eigenvalue weighted by atomic mass is 35.5. The lowest BCUT2D eigenvalue weighted by atomic mass is 9.98. The van der Waals surface area contributed by atoms with Crippen LogP contribution in [0.1, 0.15) is 38.6 Å². The van der Waals surface area contributed by atoms with Crippen molar-refractivity contribution >= 4 is 44.0 Å². The fourth-order valence-electron chi connectivity index (χ4n) is 2.92. The SMILES string of the molecule is CN(C1CCNCC1)S(=O)(=O)c1ccc2nc(C(C)(C)C)sc2c1.Cl. The van der Waals surface area contributed by atoms with Crippen LogP contribution in [-0.4, -0.2) is 43.9 Å². The topological polar surface area (TPSA) is 62.3 Å². The van der Waals surface area contributed by atoms with Gasteiger partial charge in [-0.15, -0.1) is 23.7 Å². The number of nitrogens with zero attached hydrogens (tertiary/aromatic N) is 2. The number of hydrogen-bond acceptors (Lipinski definition) is 5. The molecule has 0 saturated carbocycles. The van der Waals surface area contributed by atoms with Crippen molar-refractivity contribution in [2.45, 2.75) is 50.0 Å². The van der Waals surface area contributed by atoms with E-state index in [1.54, 1.807) is 34.8 Å².